The van der Waals surface area contributed by atoms with E-state index in [1.54, 1.807) is 24.3 Å². The number of ether oxygens (including phenoxy) is 3. The van der Waals surface area contributed by atoms with Crippen LogP contribution < -0.4 is 14.2 Å². The maximum absolute atomic E-state index is 11.6. The van der Waals surface area contributed by atoms with Gasteiger partial charge in [0.05, 0.1) is 0 Å². The smallest absolute Gasteiger partial charge is 0.335 e. The molecule has 0 aliphatic heterocycles. The summed E-state index contributed by atoms with van der Waals surface area (Å²) in [5.74, 6) is 1.33. The number of carbonyl (C=O) groups excluding carboxylic acids is 2. The van der Waals surface area contributed by atoms with Gasteiger partial charge in [-0.3, -0.25) is 0 Å². The second-order valence-corrected chi connectivity index (χ2v) is 7.10. The molecule has 0 N–H and O–H groups in total. The highest BCUT2D eigenvalue weighted by molar-refractivity contribution is 5.84. The van der Waals surface area contributed by atoms with E-state index in [0.29, 0.717) is 23.0 Å². The minimum atomic E-state index is -0.489. The summed E-state index contributed by atoms with van der Waals surface area (Å²) in [5, 5.41) is 0. The quantitative estimate of drug-likeness (QED) is 0.227. The average molecular weight is 423 g/mol. The molecule has 0 bridgehead atoms. The highest BCUT2D eigenvalue weighted by Crippen LogP contribution is 2.32. The van der Waals surface area contributed by atoms with Crippen molar-refractivity contribution in [3.8, 4) is 23.0 Å². The molecule has 5 nitrogen and oxygen atoms in total. The molecule has 0 saturated heterocycles. The van der Waals surface area contributed by atoms with Gasteiger partial charge in [-0.05, 0) is 73.2 Å². The lowest BCUT2D eigenvalue weighted by molar-refractivity contribution is -0.129. The summed E-state index contributed by atoms with van der Waals surface area (Å²) in [7, 11) is 0. The van der Waals surface area contributed by atoms with Gasteiger partial charge in [0.1, 0.15) is 23.0 Å². The van der Waals surface area contributed by atoms with Crippen LogP contribution in [0.1, 0.15) is 50.7 Å². The van der Waals surface area contributed by atoms with Gasteiger partial charge < -0.3 is 14.2 Å². The van der Waals surface area contributed by atoms with Crippen LogP contribution in [0.25, 0.3) is 0 Å². The topological polar surface area (TPSA) is 61.8 Å². The zero-order chi connectivity index (χ0) is 22.6. The second-order valence-electron chi connectivity index (χ2n) is 7.10. The molecule has 31 heavy (non-hydrogen) atoms. The third-order valence-corrected chi connectivity index (χ3v) is 4.65. The Bertz CT molecular complexity index is 854. The largest absolute Gasteiger partial charge is 0.457 e. The van der Waals surface area contributed by atoms with Crippen molar-refractivity contribution in [2.45, 2.75) is 52.4 Å². The Morgan fingerprint density at radius 3 is 1.55 bits per heavy atom. The van der Waals surface area contributed by atoms with Crippen LogP contribution >= 0.6 is 0 Å². The van der Waals surface area contributed by atoms with E-state index in [0.717, 1.165) is 61.8 Å². The highest BCUT2D eigenvalue weighted by atomic mass is 16.5. The summed E-state index contributed by atoms with van der Waals surface area (Å²) in [6.07, 6.45) is 7.80. The van der Waals surface area contributed by atoms with Crippen molar-refractivity contribution in [1.29, 1.82) is 0 Å². The molecule has 5 heteroatoms. The van der Waals surface area contributed by atoms with E-state index >= 15 is 0 Å². The Morgan fingerprint density at radius 1 is 0.774 bits per heavy atom. The van der Waals surface area contributed by atoms with Gasteiger partial charge in [-0.1, -0.05) is 39.8 Å². The van der Waals surface area contributed by atoms with Crippen molar-refractivity contribution in [3.05, 3.63) is 72.8 Å². The number of hydrogen-bond donors (Lipinski definition) is 0. The average Bonchev–Trinajstić information content (AvgIpc) is 2.78. The molecule has 0 atom stereocenters. The highest BCUT2D eigenvalue weighted by Gasteiger charge is 2.12. The fraction of sp³-hybridized carbons (Fsp3) is 0.308. The Kier molecular flexibility index (Phi) is 9.56. The summed E-state index contributed by atoms with van der Waals surface area (Å²) in [6, 6.07) is 10.8. The summed E-state index contributed by atoms with van der Waals surface area (Å²) < 4.78 is 16.8. The van der Waals surface area contributed by atoms with E-state index in [1.807, 2.05) is 12.1 Å². The van der Waals surface area contributed by atoms with E-state index in [9.17, 15) is 9.59 Å². The molecular formula is C26H30O5. The SMILES string of the molecule is C=CC(=O)Oc1ccc(Oc2ccc(OC(=O)C=C)c(CCCC)c2)cc1CCCC. The number of aryl methyl sites for hydroxylation is 2. The third kappa shape index (κ3) is 7.45. The van der Waals surface area contributed by atoms with Gasteiger partial charge in [-0.15, -0.1) is 0 Å². The Hall–Kier alpha value is -3.34. The fourth-order valence-corrected chi connectivity index (χ4v) is 3.00. The Balaban J connectivity index is 2.28. The van der Waals surface area contributed by atoms with Crippen LogP contribution in [0.4, 0.5) is 0 Å². The number of carbonyl (C=O) groups is 2. The molecule has 0 aliphatic carbocycles. The van der Waals surface area contributed by atoms with Gasteiger partial charge in [-0.25, -0.2) is 9.59 Å². The molecule has 2 rings (SSSR count). The van der Waals surface area contributed by atoms with Crippen LogP contribution in [-0.4, -0.2) is 11.9 Å². The van der Waals surface area contributed by atoms with Crippen LogP contribution in [0.2, 0.25) is 0 Å². The van der Waals surface area contributed by atoms with Gasteiger partial charge in [0.2, 0.25) is 0 Å². The zero-order valence-corrected chi connectivity index (χ0v) is 18.3. The van der Waals surface area contributed by atoms with Gasteiger partial charge in [0.25, 0.3) is 0 Å². The van der Waals surface area contributed by atoms with Crippen molar-refractivity contribution >= 4 is 11.9 Å². The molecule has 0 radical (unpaired) electrons. The number of esters is 2. The van der Waals surface area contributed by atoms with Gasteiger partial charge in [0.15, 0.2) is 0 Å². The minimum absolute atomic E-state index is 0.489. The lowest BCUT2D eigenvalue weighted by Crippen LogP contribution is -2.06. The first-order valence-electron chi connectivity index (χ1n) is 10.6. The first-order valence-corrected chi connectivity index (χ1v) is 10.6. The third-order valence-electron chi connectivity index (χ3n) is 4.65. The summed E-state index contributed by atoms with van der Waals surface area (Å²) in [5.41, 5.74) is 1.80. The van der Waals surface area contributed by atoms with E-state index in [1.165, 1.54) is 0 Å². The molecule has 0 heterocycles. The summed E-state index contributed by atoms with van der Waals surface area (Å²) in [4.78, 5) is 23.2. The second kappa shape index (κ2) is 12.4. The van der Waals surface area contributed by atoms with Crippen molar-refractivity contribution in [3.63, 3.8) is 0 Å². The Labute approximate surface area is 184 Å². The molecule has 0 amide bonds. The number of rotatable bonds is 12. The van der Waals surface area contributed by atoms with E-state index in [4.69, 9.17) is 14.2 Å². The molecule has 0 spiro atoms. The molecule has 2 aromatic rings. The molecule has 0 saturated carbocycles. The van der Waals surface area contributed by atoms with Crippen molar-refractivity contribution in [2.75, 3.05) is 0 Å². The normalized spacial score (nSPS) is 10.3. The molecule has 0 aromatic heterocycles. The van der Waals surface area contributed by atoms with Crippen molar-refractivity contribution in [1.82, 2.24) is 0 Å². The maximum atomic E-state index is 11.6. The van der Waals surface area contributed by atoms with Crippen LogP contribution in [0.3, 0.4) is 0 Å². The first kappa shape index (κ1) is 23.9. The van der Waals surface area contributed by atoms with Crippen LogP contribution in [0, 0.1) is 0 Å². The minimum Gasteiger partial charge on any atom is -0.457 e. The van der Waals surface area contributed by atoms with Crippen molar-refractivity contribution < 1.29 is 23.8 Å². The predicted octanol–water partition coefficient (Wildman–Crippen LogP) is 6.35. The van der Waals surface area contributed by atoms with Crippen molar-refractivity contribution in [2.24, 2.45) is 0 Å². The number of unbranched alkanes of at least 4 members (excludes halogenated alkanes) is 2. The molecular weight excluding hydrogens is 392 g/mol. The first-order chi connectivity index (χ1) is 15.0. The van der Waals surface area contributed by atoms with Crippen LogP contribution in [0.15, 0.2) is 61.7 Å². The van der Waals surface area contributed by atoms with E-state index in [-0.39, 0.29) is 0 Å². The van der Waals surface area contributed by atoms with Gasteiger partial charge in [0, 0.05) is 12.2 Å². The predicted molar refractivity (Wildman–Crippen MR) is 122 cm³/mol. The van der Waals surface area contributed by atoms with Gasteiger partial charge >= 0.3 is 11.9 Å². The number of benzene rings is 2. The summed E-state index contributed by atoms with van der Waals surface area (Å²) >= 11 is 0. The molecule has 0 aliphatic rings. The van der Waals surface area contributed by atoms with Gasteiger partial charge in [-0.2, -0.15) is 0 Å². The standard InChI is InChI=1S/C26H30O5/c1-5-9-11-19-17-21(13-15-23(19)30-25(27)7-3)29-22-14-16-24(31-26(28)8-4)20(18-22)12-10-6-2/h7-8,13-18H,3-6,9-12H2,1-2H3. The monoisotopic (exact) mass is 422 g/mol. The molecule has 2 aromatic carbocycles. The molecule has 164 valence electrons. The van der Waals surface area contributed by atoms with E-state index < -0.39 is 11.9 Å². The molecule has 0 fully saturated rings. The van der Waals surface area contributed by atoms with E-state index in [2.05, 4.69) is 27.0 Å². The Morgan fingerprint density at radius 2 is 1.19 bits per heavy atom. The maximum Gasteiger partial charge on any atom is 0.335 e. The van der Waals surface area contributed by atoms with Crippen LogP contribution in [0.5, 0.6) is 23.0 Å². The molecule has 0 unspecified atom stereocenters. The fourth-order valence-electron chi connectivity index (χ4n) is 3.00. The summed E-state index contributed by atoms with van der Waals surface area (Å²) in [6.45, 7) is 11.1. The zero-order valence-electron chi connectivity index (χ0n) is 18.3. The lowest BCUT2D eigenvalue weighted by Gasteiger charge is -2.14. The number of hydrogen-bond acceptors (Lipinski definition) is 5. The van der Waals surface area contributed by atoms with Crippen LogP contribution in [-0.2, 0) is 22.4 Å². The lowest BCUT2D eigenvalue weighted by atomic mass is 10.1.